The molecule has 0 unspecified atom stereocenters. The molecule has 0 spiro atoms. The second-order valence-corrected chi connectivity index (χ2v) is 4.93. The van der Waals surface area contributed by atoms with Gasteiger partial charge in [0, 0.05) is 13.2 Å². The summed E-state index contributed by atoms with van der Waals surface area (Å²) in [6.07, 6.45) is 4.59. The fraction of sp³-hybridized carbons (Fsp3) is 0.800. The van der Waals surface area contributed by atoms with Gasteiger partial charge in [0.25, 0.3) is 0 Å². The number of hydrogen-bond donors (Lipinski definition) is 0. The van der Waals surface area contributed by atoms with Crippen LogP contribution in [0.2, 0.25) is 0 Å². The summed E-state index contributed by atoms with van der Waals surface area (Å²) in [4.78, 5) is 0. The summed E-state index contributed by atoms with van der Waals surface area (Å²) in [7, 11) is -1.51. The van der Waals surface area contributed by atoms with Gasteiger partial charge in [-0.15, -0.1) is 6.58 Å². The molecule has 2 nitrogen and oxygen atoms in total. The molecule has 0 atom stereocenters. The maximum Gasteiger partial charge on any atom is 0.347 e. The minimum Gasteiger partial charge on any atom is -0.394 e. The van der Waals surface area contributed by atoms with Crippen molar-refractivity contribution in [2.75, 3.05) is 13.2 Å². The smallest absolute Gasteiger partial charge is 0.347 e. The van der Waals surface area contributed by atoms with Gasteiger partial charge in [-0.25, -0.2) is 0 Å². The van der Waals surface area contributed by atoms with Crippen molar-refractivity contribution >= 4 is 9.28 Å². The van der Waals surface area contributed by atoms with Crippen molar-refractivity contribution in [3.63, 3.8) is 0 Å². The Morgan fingerprint density at radius 2 is 1.54 bits per heavy atom. The predicted molar refractivity (Wildman–Crippen MR) is 59.1 cm³/mol. The van der Waals surface area contributed by atoms with Crippen LogP contribution in [0.15, 0.2) is 12.3 Å². The largest absolute Gasteiger partial charge is 0.394 e. The van der Waals surface area contributed by atoms with Gasteiger partial charge in [0.15, 0.2) is 0 Å². The van der Waals surface area contributed by atoms with Gasteiger partial charge >= 0.3 is 9.28 Å². The van der Waals surface area contributed by atoms with E-state index in [1.807, 2.05) is 5.70 Å². The summed E-state index contributed by atoms with van der Waals surface area (Å²) in [6, 6.07) is 0. The van der Waals surface area contributed by atoms with Crippen LogP contribution in [0.25, 0.3) is 0 Å². The van der Waals surface area contributed by atoms with Gasteiger partial charge in [0.05, 0.1) is 0 Å². The van der Waals surface area contributed by atoms with Gasteiger partial charge in [-0.05, 0) is 12.8 Å². The van der Waals surface area contributed by atoms with Crippen LogP contribution in [0.1, 0.15) is 39.5 Å². The van der Waals surface area contributed by atoms with E-state index >= 15 is 0 Å². The summed E-state index contributed by atoms with van der Waals surface area (Å²) in [5.74, 6) is 0. The zero-order valence-electron chi connectivity index (χ0n) is 8.92. The van der Waals surface area contributed by atoms with Crippen molar-refractivity contribution in [1.29, 1.82) is 0 Å². The second-order valence-electron chi connectivity index (χ2n) is 3.05. The zero-order valence-corrected chi connectivity index (χ0v) is 10.1. The van der Waals surface area contributed by atoms with Crippen LogP contribution in [0.3, 0.4) is 0 Å². The molecule has 0 heterocycles. The van der Waals surface area contributed by atoms with E-state index in [4.69, 9.17) is 8.85 Å². The van der Waals surface area contributed by atoms with E-state index in [1.165, 1.54) is 12.8 Å². The Labute approximate surface area is 83.8 Å². The Hall–Kier alpha value is -0.123. The Kier molecular flexibility index (Phi) is 9.87. The lowest BCUT2D eigenvalue weighted by molar-refractivity contribution is 0.201. The molecule has 0 aromatic rings. The molecular formula is C10H22O2Si. The number of rotatable bonds is 9. The van der Waals surface area contributed by atoms with Crippen LogP contribution in [-0.2, 0) is 8.85 Å². The van der Waals surface area contributed by atoms with Crippen LogP contribution >= 0.6 is 0 Å². The maximum absolute atomic E-state index is 5.58. The van der Waals surface area contributed by atoms with Crippen LogP contribution in [0.5, 0.6) is 0 Å². The standard InChI is InChI=1S/C10H22O2Si/c1-4-7-9-11-13(6-3)12-10-8-5-2/h6,13H,3-5,7-10H2,1-2H3. The first-order valence-corrected chi connectivity index (χ1v) is 6.81. The average molecular weight is 202 g/mol. The summed E-state index contributed by atoms with van der Waals surface area (Å²) in [5.41, 5.74) is 1.85. The van der Waals surface area contributed by atoms with Gasteiger partial charge in [0.2, 0.25) is 0 Å². The molecule has 78 valence electrons. The quantitative estimate of drug-likeness (QED) is 0.422. The van der Waals surface area contributed by atoms with Crippen LogP contribution in [0, 0.1) is 0 Å². The first kappa shape index (κ1) is 12.9. The molecule has 0 aliphatic carbocycles. The average Bonchev–Trinajstić information content (AvgIpc) is 2.16. The Morgan fingerprint density at radius 1 is 1.08 bits per heavy atom. The molecule has 3 heteroatoms. The molecule has 0 fully saturated rings. The van der Waals surface area contributed by atoms with Crippen molar-refractivity contribution in [3.05, 3.63) is 12.3 Å². The van der Waals surface area contributed by atoms with Gasteiger partial charge in [-0.3, -0.25) is 0 Å². The minimum atomic E-state index is -1.51. The molecule has 0 amide bonds. The van der Waals surface area contributed by atoms with E-state index in [2.05, 4.69) is 20.4 Å². The van der Waals surface area contributed by atoms with E-state index in [0.717, 1.165) is 26.1 Å². The molecule has 0 aliphatic rings. The molecule has 0 aromatic heterocycles. The first-order valence-electron chi connectivity index (χ1n) is 5.20. The summed E-state index contributed by atoms with van der Waals surface area (Å²) >= 11 is 0. The Morgan fingerprint density at radius 3 is 1.85 bits per heavy atom. The highest BCUT2D eigenvalue weighted by atomic mass is 28.3. The summed E-state index contributed by atoms with van der Waals surface area (Å²) < 4.78 is 11.2. The third-order valence-electron chi connectivity index (χ3n) is 1.75. The highest BCUT2D eigenvalue weighted by molar-refractivity contribution is 6.50. The molecule has 0 N–H and O–H groups in total. The SMILES string of the molecule is C=C[SiH](OCCCC)OCCCC. The highest BCUT2D eigenvalue weighted by Crippen LogP contribution is 1.97. The van der Waals surface area contributed by atoms with E-state index in [9.17, 15) is 0 Å². The lowest BCUT2D eigenvalue weighted by Gasteiger charge is -2.12. The highest BCUT2D eigenvalue weighted by Gasteiger charge is 2.06. The van der Waals surface area contributed by atoms with Gasteiger partial charge in [-0.2, -0.15) is 0 Å². The van der Waals surface area contributed by atoms with Crippen molar-refractivity contribution < 1.29 is 8.85 Å². The minimum absolute atomic E-state index is 0.825. The molecule has 13 heavy (non-hydrogen) atoms. The van der Waals surface area contributed by atoms with E-state index in [1.54, 1.807) is 0 Å². The molecular weight excluding hydrogens is 180 g/mol. The fourth-order valence-electron chi connectivity index (χ4n) is 0.872. The normalized spacial score (nSPS) is 10.7. The van der Waals surface area contributed by atoms with Gasteiger partial charge in [-0.1, -0.05) is 32.4 Å². The summed E-state index contributed by atoms with van der Waals surface area (Å²) in [5, 5.41) is 0. The third-order valence-corrected chi connectivity index (χ3v) is 3.27. The second kappa shape index (κ2) is 9.96. The molecule has 0 aliphatic heterocycles. The van der Waals surface area contributed by atoms with Crippen molar-refractivity contribution in [1.82, 2.24) is 0 Å². The van der Waals surface area contributed by atoms with Crippen LogP contribution in [0.4, 0.5) is 0 Å². The predicted octanol–water partition coefficient (Wildman–Crippen LogP) is 2.57. The van der Waals surface area contributed by atoms with Gasteiger partial charge in [0.1, 0.15) is 0 Å². The maximum atomic E-state index is 5.58. The Bertz CT molecular complexity index is 107. The van der Waals surface area contributed by atoms with Crippen molar-refractivity contribution in [3.8, 4) is 0 Å². The van der Waals surface area contributed by atoms with E-state index in [0.29, 0.717) is 0 Å². The third kappa shape index (κ3) is 8.21. The molecule has 0 saturated carbocycles. The molecule has 0 radical (unpaired) electrons. The molecule has 0 saturated heterocycles. The van der Waals surface area contributed by atoms with Crippen LogP contribution in [-0.4, -0.2) is 22.5 Å². The van der Waals surface area contributed by atoms with Crippen LogP contribution < -0.4 is 0 Å². The zero-order chi connectivity index (χ0) is 9.94. The number of hydrogen-bond acceptors (Lipinski definition) is 2. The Balaban J connectivity index is 3.34. The van der Waals surface area contributed by atoms with Crippen molar-refractivity contribution in [2.24, 2.45) is 0 Å². The fourth-order valence-corrected chi connectivity index (χ4v) is 2.04. The lowest BCUT2D eigenvalue weighted by atomic mass is 10.4. The molecule has 0 rings (SSSR count). The summed E-state index contributed by atoms with van der Waals surface area (Å²) in [6.45, 7) is 9.70. The van der Waals surface area contributed by atoms with Crippen molar-refractivity contribution in [2.45, 2.75) is 39.5 Å². The van der Waals surface area contributed by atoms with E-state index in [-0.39, 0.29) is 0 Å². The first-order chi connectivity index (χ1) is 6.35. The molecule has 0 bridgehead atoms. The number of unbranched alkanes of at least 4 members (excludes halogenated alkanes) is 2. The molecule has 0 aromatic carbocycles. The monoisotopic (exact) mass is 202 g/mol. The van der Waals surface area contributed by atoms with Gasteiger partial charge < -0.3 is 8.85 Å². The lowest BCUT2D eigenvalue weighted by Crippen LogP contribution is -2.21. The topological polar surface area (TPSA) is 18.5 Å². The van der Waals surface area contributed by atoms with E-state index < -0.39 is 9.28 Å².